The number of rotatable bonds is 4. The summed E-state index contributed by atoms with van der Waals surface area (Å²) in [5.41, 5.74) is 7.00. The first-order chi connectivity index (χ1) is 9.63. The van der Waals surface area contributed by atoms with Crippen molar-refractivity contribution >= 4 is 5.91 Å². The van der Waals surface area contributed by atoms with E-state index >= 15 is 0 Å². The highest BCUT2D eigenvalue weighted by Crippen LogP contribution is 2.27. The summed E-state index contributed by atoms with van der Waals surface area (Å²) in [5.74, 6) is 1.59. The van der Waals surface area contributed by atoms with Gasteiger partial charge in [0.05, 0.1) is 0 Å². The first kappa shape index (κ1) is 15.0. The third-order valence-corrected chi connectivity index (χ3v) is 4.72. The van der Waals surface area contributed by atoms with Gasteiger partial charge < -0.3 is 10.6 Å². The fourth-order valence-corrected chi connectivity index (χ4v) is 3.02. The van der Waals surface area contributed by atoms with Crippen LogP contribution in [0.25, 0.3) is 0 Å². The van der Waals surface area contributed by atoms with E-state index in [1.54, 1.807) is 0 Å². The minimum atomic E-state index is -0.517. The second-order valence-corrected chi connectivity index (χ2v) is 5.94. The lowest BCUT2D eigenvalue weighted by atomic mass is 9.84. The van der Waals surface area contributed by atoms with E-state index in [0.717, 1.165) is 43.3 Å². The van der Waals surface area contributed by atoms with Gasteiger partial charge in [-0.1, -0.05) is 50.6 Å². The van der Waals surface area contributed by atoms with Crippen molar-refractivity contribution in [3.8, 4) is 0 Å². The fourth-order valence-electron chi connectivity index (χ4n) is 3.02. The topological polar surface area (TPSA) is 46.3 Å². The molecule has 110 valence electrons. The van der Waals surface area contributed by atoms with Gasteiger partial charge in [0.25, 0.3) is 0 Å². The summed E-state index contributed by atoms with van der Waals surface area (Å²) in [7, 11) is 0. The molecule has 0 aliphatic carbocycles. The molecule has 0 aromatic heterocycles. The van der Waals surface area contributed by atoms with Crippen LogP contribution in [0.5, 0.6) is 0 Å². The number of hydrogen-bond donors (Lipinski definition) is 1. The number of amides is 1. The molecule has 2 N–H and O–H groups in total. The highest BCUT2D eigenvalue weighted by Gasteiger charge is 2.28. The Morgan fingerprint density at radius 2 is 1.90 bits per heavy atom. The Morgan fingerprint density at radius 3 is 2.45 bits per heavy atom. The van der Waals surface area contributed by atoms with Crippen molar-refractivity contribution in [3.63, 3.8) is 0 Å². The molecule has 1 aromatic carbocycles. The van der Waals surface area contributed by atoms with Crippen LogP contribution in [0.4, 0.5) is 0 Å². The molecule has 2 atom stereocenters. The maximum atomic E-state index is 12.4. The third-order valence-electron chi connectivity index (χ3n) is 4.72. The van der Waals surface area contributed by atoms with Crippen molar-refractivity contribution in [1.82, 2.24) is 4.90 Å². The molecular formula is C17H26N2O. The van der Waals surface area contributed by atoms with Crippen molar-refractivity contribution in [2.45, 2.75) is 39.2 Å². The SMILES string of the molecule is CC[C@H](C)C1CCN(C(=O)[C@H](N)c2ccccc2)CC1. The molecule has 1 aliphatic rings. The predicted molar refractivity (Wildman–Crippen MR) is 82.1 cm³/mol. The van der Waals surface area contributed by atoms with Crippen molar-refractivity contribution in [2.75, 3.05) is 13.1 Å². The number of likely N-dealkylation sites (tertiary alicyclic amines) is 1. The van der Waals surface area contributed by atoms with Crippen molar-refractivity contribution < 1.29 is 4.79 Å². The highest BCUT2D eigenvalue weighted by atomic mass is 16.2. The van der Waals surface area contributed by atoms with Gasteiger partial charge in [0, 0.05) is 13.1 Å². The maximum absolute atomic E-state index is 12.4. The van der Waals surface area contributed by atoms with Crippen LogP contribution in [0.15, 0.2) is 30.3 Å². The quantitative estimate of drug-likeness (QED) is 0.917. The Bertz CT molecular complexity index is 424. The molecule has 3 nitrogen and oxygen atoms in total. The van der Waals surface area contributed by atoms with E-state index in [1.807, 2.05) is 35.2 Å². The number of carbonyl (C=O) groups excluding carboxylic acids is 1. The average Bonchev–Trinajstić information content (AvgIpc) is 2.53. The summed E-state index contributed by atoms with van der Waals surface area (Å²) in [6, 6.07) is 9.13. The number of nitrogens with two attached hydrogens (primary N) is 1. The zero-order valence-electron chi connectivity index (χ0n) is 12.6. The Labute approximate surface area is 122 Å². The number of hydrogen-bond acceptors (Lipinski definition) is 2. The Hall–Kier alpha value is -1.35. The van der Waals surface area contributed by atoms with E-state index in [2.05, 4.69) is 13.8 Å². The number of benzene rings is 1. The van der Waals surface area contributed by atoms with Crippen LogP contribution in [0.3, 0.4) is 0 Å². The van der Waals surface area contributed by atoms with E-state index < -0.39 is 6.04 Å². The van der Waals surface area contributed by atoms with Gasteiger partial charge >= 0.3 is 0 Å². The molecule has 1 aliphatic heterocycles. The Kier molecular flexibility index (Phi) is 5.18. The van der Waals surface area contributed by atoms with Gasteiger partial charge in [-0.3, -0.25) is 4.79 Å². The van der Waals surface area contributed by atoms with Gasteiger partial charge in [-0.25, -0.2) is 0 Å². The molecule has 1 aromatic rings. The van der Waals surface area contributed by atoms with Gasteiger partial charge in [-0.2, -0.15) is 0 Å². The van der Waals surface area contributed by atoms with Crippen LogP contribution in [0, 0.1) is 11.8 Å². The molecule has 1 saturated heterocycles. The van der Waals surface area contributed by atoms with Crippen molar-refractivity contribution in [3.05, 3.63) is 35.9 Å². The van der Waals surface area contributed by atoms with Gasteiger partial charge in [0.1, 0.15) is 6.04 Å². The molecule has 1 amide bonds. The first-order valence-corrected chi connectivity index (χ1v) is 7.72. The predicted octanol–water partition coefficient (Wildman–Crippen LogP) is 2.97. The van der Waals surface area contributed by atoms with Crippen LogP contribution in [0.1, 0.15) is 44.7 Å². The van der Waals surface area contributed by atoms with E-state index in [9.17, 15) is 4.79 Å². The van der Waals surface area contributed by atoms with Gasteiger partial charge in [-0.15, -0.1) is 0 Å². The third kappa shape index (κ3) is 3.40. The zero-order valence-corrected chi connectivity index (χ0v) is 12.6. The molecule has 0 spiro atoms. The molecule has 0 radical (unpaired) electrons. The van der Waals surface area contributed by atoms with Crippen LogP contribution < -0.4 is 5.73 Å². The number of nitrogens with zero attached hydrogens (tertiary/aromatic N) is 1. The minimum Gasteiger partial charge on any atom is -0.341 e. The lowest BCUT2D eigenvalue weighted by Gasteiger charge is -2.35. The lowest BCUT2D eigenvalue weighted by molar-refractivity contribution is -0.134. The molecule has 0 saturated carbocycles. The van der Waals surface area contributed by atoms with Crippen molar-refractivity contribution in [2.24, 2.45) is 17.6 Å². The van der Waals surface area contributed by atoms with Crippen LogP contribution in [-0.2, 0) is 4.79 Å². The average molecular weight is 274 g/mol. The molecule has 0 bridgehead atoms. The van der Waals surface area contributed by atoms with Gasteiger partial charge in [0.2, 0.25) is 5.91 Å². The molecule has 3 heteroatoms. The summed E-state index contributed by atoms with van der Waals surface area (Å²) in [6.07, 6.45) is 3.45. The van der Waals surface area contributed by atoms with Crippen LogP contribution in [0.2, 0.25) is 0 Å². The maximum Gasteiger partial charge on any atom is 0.244 e. The number of piperidine rings is 1. The summed E-state index contributed by atoms with van der Waals surface area (Å²) in [4.78, 5) is 14.4. The normalized spacial score (nSPS) is 19.6. The largest absolute Gasteiger partial charge is 0.341 e. The Balaban J connectivity index is 1.92. The van der Waals surface area contributed by atoms with E-state index in [4.69, 9.17) is 5.73 Å². The van der Waals surface area contributed by atoms with Crippen molar-refractivity contribution in [1.29, 1.82) is 0 Å². The zero-order chi connectivity index (χ0) is 14.5. The van der Waals surface area contributed by atoms with Crippen LogP contribution in [-0.4, -0.2) is 23.9 Å². The first-order valence-electron chi connectivity index (χ1n) is 7.72. The summed E-state index contributed by atoms with van der Waals surface area (Å²) in [5, 5.41) is 0. The molecule has 1 fully saturated rings. The van der Waals surface area contributed by atoms with E-state index in [1.165, 1.54) is 6.42 Å². The number of carbonyl (C=O) groups is 1. The minimum absolute atomic E-state index is 0.0683. The fraction of sp³-hybridized carbons (Fsp3) is 0.588. The van der Waals surface area contributed by atoms with Crippen LogP contribution >= 0.6 is 0 Å². The summed E-state index contributed by atoms with van der Waals surface area (Å²) < 4.78 is 0. The second-order valence-electron chi connectivity index (χ2n) is 5.94. The second kappa shape index (κ2) is 6.89. The van der Waals surface area contributed by atoms with Gasteiger partial charge in [-0.05, 0) is 30.2 Å². The molecule has 1 heterocycles. The molecule has 20 heavy (non-hydrogen) atoms. The van der Waals surface area contributed by atoms with E-state index in [-0.39, 0.29) is 5.91 Å². The molecular weight excluding hydrogens is 248 g/mol. The Morgan fingerprint density at radius 1 is 1.30 bits per heavy atom. The summed E-state index contributed by atoms with van der Waals surface area (Å²) in [6.45, 7) is 6.27. The molecule has 2 rings (SSSR count). The standard InChI is InChI=1S/C17H26N2O/c1-3-13(2)14-9-11-19(12-10-14)17(20)16(18)15-7-5-4-6-8-15/h4-8,13-14,16H,3,9-12,18H2,1-2H3/t13-,16+/m0/s1. The lowest BCUT2D eigenvalue weighted by Crippen LogP contribution is -2.44. The smallest absolute Gasteiger partial charge is 0.244 e. The van der Waals surface area contributed by atoms with E-state index in [0.29, 0.717) is 0 Å². The van der Waals surface area contributed by atoms with Gasteiger partial charge in [0.15, 0.2) is 0 Å². The molecule has 0 unspecified atom stereocenters. The summed E-state index contributed by atoms with van der Waals surface area (Å²) >= 11 is 0. The monoisotopic (exact) mass is 274 g/mol. The highest BCUT2D eigenvalue weighted by molar-refractivity contribution is 5.83.